The van der Waals surface area contributed by atoms with Gasteiger partial charge in [0.05, 0.1) is 6.61 Å². The van der Waals surface area contributed by atoms with Crippen molar-refractivity contribution in [1.29, 1.82) is 0 Å². The lowest BCUT2D eigenvalue weighted by Gasteiger charge is -2.11. The molecule has 0 radical (unpaired) electrons. The van der Waals surface area contributed by atoms with Crippen LogP contribution in [0.1, 0.15) is 18.6 Å². The van der Waals surface area contributed by atoms with E-state index in [2.05, 4.69) is 4.74 Å². The van der Waals surface area contributed by atoms with Crippen LogP contribution >= 0.6 is 11.8 Å². The first kappa shape index (κ1) is 14.8. The molecule has 0 aliphatic rings. The molecular weight excluding hydrogens is 269 g/mol. The van der Waals surface area contributed by atoms with Gasteiger partial charge in [0.1, 0.15) is 0 Å². The summed E-state index contributed by atoms with van der Waals surface area (Å²) in [6.45, 7) is 1.71. The summed E-state index contributed by atoms with van der Waals surface area (Å²) in [5.41, 5.74) is -4.17. The van der Waals surface area contributed by atoms with E-state index >= 15 is 0 Å². The number of rotatable bonds is 4. The molecule has 0 saturated heterocycles. The van der Waals surface area contributed by atoms with Crippen LogP contribution in [-0.4, -0.2) is 23.2 Å². The fourth-order valence-electron chi connectivity index (χ4n) is 1.21. The van der Waals surface area contributed by atoms with Crippen LogP contribution in [0.3, 0.4) is 0 Å². The number of thioether (sulfide) groups is 1. The molecule has 0 heterocycles. The maximum atomic E-state index is 12.1. The average Bonchev–Trinajstić information content (AvgIpc) is 2.27. The molecule has 0 saturated carbocycles. The van der Waals surface area contributed by atoms with Crippen molar-refractivity contribution in [3.8, 4) is 0 Å². The molecule has 0 spiro atoms. The average molecular weight is 280 g/mol. The Labute approximate surface area is 106 Å². The van der Waals surface area contributed by atoms with Gasteiger partial charge in [-0.1, -0.05) is 12.1 Å². The number of ether oxygens (including phenoxy) is 1. The zero-order valence-electron chi connectivity index (χ0n) is 9.40. The van der Waals surface area contributed by atoms with Gasteiger partial charge in [-0.2, -0.15) is 13.2 Å². The minimum absolute atomic E-state index is 0.0118. The minimum Gasteiger partial charge on any atom is -0.464 e. The van der Waals surface area contributed by atoms with E-state index in [0.717, 1.165) is 0 Å². The van der Waals surface area contributed by atoms with E-state index in [9.17, 15) is 23.1 Å². The Balaban J connectivity index is 2.73. The first-order valence-corrected chi connectivity index (χ1v) is 5.85. The lowest BCUT2D eigenvalue weighted by atomic mass is 10.1. The van der Waals surface area contributed by atoms with Crippen LogP contribution in [0.25, 0.3) is 0 Å². The highest BCUT2D eigenvalue weighted by atomic mass is 32.2. The van der Waals surface area contributed by atoms with E-state index in [-0.39, 0.29) is 28.8 Å². The number of carbonyl (C=O) groups is 1. The molecule has 1 N–H and O–H groups in total. The molecule has 1 aromatic carbocycles. The van der Waals surface area contributed by atoms with Crippen molar-refractivity contribution < 1.29 is 27.8 Å². The quantitative estimate of drug-likeness (QED) is 0.680. The van der Waals surface area contributed by atoms with E-state index < -0.39 is 17.6 Å². The molecule has 1 rings (SSSR count). The fraction of sp³-hybridized carbons (Fsp3) is 0.364. The smallest absolute Gasteiger partial charge is 0.446 e. The number of esters is 1. The minimum atomic E-state index is -4.36. The maximum Gasteiger partial charge on any atom is 0.446 e. The molecule has 1 aromatic rings. The molecule has 1 atom stereocenters. The first-order chi connectivity index (χ1) is 8.33. The largest absolute Gasteiger partial charge is 0.464 e. The van der Waals surface area contributed by atoms with Crippen LogP contribution < -0.4 is 0 Å². The molecule has 0 aliphatic carbocycles. The number of aliphatic hydroxyl groups is 1. The third kappa shape index (κ3) is 4.58. The zero-order chi connectivity index (χ0) is 13.8. The van der Waals surface area contributed by atoms with Gasteiger partial charge in [0.25, 0.3) is 0 Å². The zero-order valence-corrected chi connectivity index (χ0v) is 10.2. The van der Waals surface area contributed by atoms with Gasteiger partial charge in [-0.05, 0) is 36.4 Å². The topological polar surface area (TPSA) is 46.5 Å². The van der Waals surface area contributed by atoms with E-state index in [1.54, 1.807) is 6.92 Å². The highest BCUT2D eigenvalue weighted by Gasteiger charge is 2.29. The second kappa shape index (κ2) is 6.10. The van der Waals surface area contributed by atoms with Crippen LogP contribution in [0.4, 0.5) is 13.2 Å². The van der Waals surface area contributed by atoms with Crippen LogP contribution in [0.5, 0.6) is 0 Å². The first-order valence-electron chi connectivity index (χ1n) is 5.04. The molecular formula is C11H11F3O3S. The number of benzene rings is 1. The van der Waals surface area contributed by atoms with Crippen molar-refractivity contribution >= 4 is 17.7 Å². The van der Waals surface area contributed by atoms with Crippen molar-refractivity contribution in [2.75, 3.05) is 6.61 Å². The Morgan fingerprint density at radius 3 is 2.39 bits per heavy atom. The molecule has 18 heavy (non-hydrogen) atoms. The molecule has 3 nitrogen and oxygen atoms in total. The SMILES string of the molecule is CCOC(=O)C(O)c1ccc(SC(F)(F)F)cc1. The highest BCUT2D eigenvalue weighted by Crippen LogP contribution is 2.37. The van der Waals surface area contributed by atoms with Crippen molar-refractivity contribution in [1.82, 2.24) is 0 Å². The van der Waals surface area contributed by atoms with E-state index in [1.165, 1.54) is 24.3 Å². The van der Waals surface area contributed by atoms with Gasteiger partial charge >= 0.3 is 11.5 Å². The molecule has 7 heteroatoms. The van der Waals surface area contributed by atoms with Crippen molar-refractivity contribution in [3.63, 3.8) is 0 Å². The summed E-state index contributed by atoms with van der Waals surface area (Å²) >= 11 is -0.258. The Kier molecular flexibility index (Phi) is 5.03. The summed E-state index contributed by atoms with van der Waals surface area (Å²) in [6, 6.07) is 4.90. The predicted molar refractivity (Wildman–Crippen MR) is 59.9 cm³/mol. The van der Waals surface area contributed by atoms with Crippen LogP contribution in [0.2, 0.25) is 0 Å². The Morgan fingerprint density at radius 1 is 1.39 bits per heavy atom. The van der Waals surface area contributed by atoms with Gasteiger partial charge in [-0.3, -0.25) is 0 Å². The molecule has 0 fully saturated rings. The third-order valence-electron chi connectivity index (χ3n) is 1.94. The standard InChI is InChI=1S/C11H11F3O3S/c1-2-17-10(16)9(15)7-3-5-8(6-4-7)18-11(12,13)14/h3-6,9,15H,2H2,1H3. The van der Waals surface area contributed by atoms with Gasteiger partial charge in [0, 0.05) is 4.90 Å². The van der Waals surface area contributed by atoms with E-state index in [4.69, 9.17) is 0 Å². The molecule has 1 unspecified atom stereocenters. The predicted octanol–water partition coefficient (Wildman–Crippen LogP) is 2.90. The molecule has 100 valence electrons. The van der Waals surface area contributed by atoms with Crippen molar-refractivity contribution in [3.05, 3.63) is 29.8 Å². The van der Waals surface area contributed by atoms with Crippen molar-refractivity contribution in [2.24, 2.45) is 0 Å². The fourth-order valence-corrected chi connectivity index (χ4v) is 1.75. The van der Waals surface area contributed by atoms with Gasteiger partial charge in [-0.15, -0.1) is 0 Å². The van der Waals surface area contributed by atoms with Crippen LogP contribution in [-0.2, 0) is 9.53 Å². The summed E-state index contributed by atoms with van der Waals surface area (Å²) in [7, 11) is 0. The molecule has 0 aromatic heterocycles. The number of halogens is 3. The number of alkyl halides is 3. The van der Waals surface area contributed by atoms with E-state index in [1.807, 2.05) is 0 Å². The summed E-state index contributed by atoms with van der Waals surface area (Å²) in [4.78, 5) is 11.2. The summed E-state index contributed by atoms with van der Waals surface area (Å²) < 4.78 is 40.8. The molecule has 0 amide bonds. The number of hydrogen-bond acceptors (Lipinski definition) is 4. The second-order valence-corrected chi connectivity index (χ2v) is 4.41. The molecule has 0 bridgehead atoms. The lowest BCUT2D eigenvalue weighted by Crippen LogP contribution is -2.15. The van der Waals surface area contributed by atoms with Crippen molar-refractivity contribution in [2.45, 2.75) is 23.4 Å². The number of aliphatic hydroxyl groups excluding tert-OH is 1. The van der Waals surface area contributed by atoms with E-state index in [0.29, 0.717) is 0 Å². The lowest BCUT2D eigenvalue weighted by molar-refractivity contribution is -0.153. The second-order valence-electron chi connectivity index (χ2n) is 3.27. The van der Waals surface area contributed by atoms with Gasteiger partial charge < -0.3 is 9.84 Å². The third-order valence-corrected chi connectivity index (χ3v) is 2.68. The van der Waals surface area contributed by atoms with Crippen LogP contribution in [0, 0.1) is 0 Å². The number of hydrogen-bond donors (Lipinski definition) is 1. The normalized spacial score (nSPS) is 13.2. The van der Waals surface area contributed by atoms with Gasteiger partial charge in [0.2, 0.25) is 0 Å². The van der Waals surface area contributed by atoms with Gasteiger partial charge in [0.15, 0.2) is 6.10 Å². The Bertz CT molecular complexity index is 403. The number of carbonyl (C=O) groups excluding carboxylic acids is 1. The Morgan fingerprint density at radius 2 is 1.94 bits per heavy atom. The summed E-state index contributed by atoms with van der Waals surface area (Å²) in [5, 5.41) is 9.54. The summed E-state index contributed by atoms with van der Waals surface area (Å²) in [6.07, 6.45) is -1.48. The maximum absolute atomic E-state index is 12.1. The summed E-state index contributed by atoms with van der Waals surface area (Å²) in [5.74, 6) is -0.825. The monoisotopic (exact) mass is 280 g/mol. The molecule has 0 aliphatic heterocycles. The van der Waals surface area contributed by atoms with Crippen LogP contribution in [0.15, 0.2) is 29.2 Å². The van der Waals surface area contributed by atoms with Gasteiger partial charge in [-0.25, -0.2) is 4.79 Å². The Hall–Kier alpha value is -1.21. The highest BCUT2D eigenvalue weighted by molar-refractivity contribution is 8.00.